The number of non-ortho nitro benzene ring substituents is 1. The number of rotatable bonds is 6. The Labute approximate surface area is 165 Å². The molecule has 0 saturated carbocycles. The van der Waals surface area contributed by atoms with Gasteiger partial charge in [0.1, 0.15) is 5.75 Å². The van der Waals surface area contributed by atoms with Crippen LogP contribution < -0.4 is 10.7 Å². The predicted octanol–water partition coefficient (Wildman–Crippen LogP) is 3.70. The van der Waals surface area contributed by atoms with Crippen molar-refractivity contribution in [3.63, 3.8) is 0 Å². The van der Waals surface area contributed by atoms with Gasteiger partial charge in [0.05, 0.1) is 17.7 Å². The summed E-state index contributed by atoms with van der Waals surface area (Å²) in [6.45, 7) is 1.92. The normalized spacial score (nSPS) is 10.7. The van der Waals surface area contributed by atoms with Gasteiger partial charge in [0.2, 0.25) is 0 Å². The molecule has 0 aliphatic heterocycles. The molecule has 0 unspecified atom stereocenters. The summed E-state index contributed by atoms with van der Waals surface area (Å²) in [5.41, 5.74) is 4.00. The lowest BCUT2D eigenvalue weighted by Crippen LogP contribution is -2.25. The molecular formula is C16H14Br2N4O4. The third-order valence-electron chi connectivity index (χ3n) is 3.35. The maximum atomic E-state index is 11.8. The molecule has 136 valence electrons. The zero-order chi connectivity index (χ0) is 19.3. The van der Waals surface area contributed by atoms with Gasteiger partial charge in [0, 0.05) is 32.3 Å². The first-order valence-corrected chi connectivity index (χ1v) is 8.85. The molecule has 10 heteroatoms. The van der Waals surface area contributed by atoms with Crippen LogP contribution in [0.5, 0.6) is 5.75 Å². The molecule has 0 atom stereocenters. The lowest BCUT2D eigenvalue weighted by Gasteiger charge is -2.09. The quantitative estimate of drug-likeness (QED) is 0.327. The number of nitrogens with zero attached hydrogens (tertiary/aromatic N) is 2. The lowest BCUT2D eigenvalue weighted by molar-refractivity contribution is -0.384. The van der Waals surface area contributed by atoms with Crippen LogP contribution in [0.1, 0.15) is 11.1 Å². The van der Waals surface area contributed by atoms with E-state index in [0.29, 0.717) is 0 Å². The van der Waals surface area contributed by atoms with Gasteiger partial charge in [0.15, 0.2) is 0 Å². The number of nitro groups is 1. The number of nitro benzene ring substituents is 1. The molecule has 0 heterocycles. The van der Waals surface area contributed by atoms with Crippen LogP contribution in [0.15, 0.2) is 44.4 Å². The molecular weight excluding hydrogens is 472 g/mol. The molecule has 2 rings (SSSR count). The number of halogens is 2. The number of amides is 1. The van der Waals surface area contributed by atoms with Gasteiger partial charge < -0.3 is 10.4 Å². The zero-order valence-electron chi connectivity index (χ0n) is 13.5. The van der Waals surface area contributed by atoms with Gasteiger partial charge in [-0.2, -0.15) is 5.10 Å². The van der Waals surface area contributed by atoms with Crippen molar-refractivity contribution in [2.45, 2.75) is 6.92 Å². The Kier molecular flexibility index (Phi) is 6.70. The van der Waals surface area contributed by atoms with Crippen LogP contribution >= 0.6 is 31.9 Å². The lowest BCUT2D eigenvalue weighted by atomic mass is 10.2. The van der Waals surface area contributed by atoms with Crippen molar-refractivity contribution in [1.29, 1.82) is 0 Å². The Morgan fingerprint density at radius 3 is 2.58 bits per heavy atom. The molecule has 2 aromatic carbocycles. The Balaban J connectivity index is 1.94. The fourth-order valence-corrected chi connectivity index (χ4v) is 3.09. The summed E-state index contributed by atoms with van der Waals surface area (Å²) in [6, 6.07) is 7.21. The SMILES string of the molecule is Cc1c(Br)cc(NCC(=O)N/N=C\c2cc([N+](=O)[O-])ccc2O)cc1Br. The second kappa shape index (κ2) is 8.77. The topological polar surface area (TPSA) is 117 Å². The average Bonchev–Trinajstić information content (AvgIpc) is 2.59. The van der Waals surface area contributed by atoms with Gasteiger partial charge in [-0.25, -0.2) is 5.43 Å². The van der Waals surface area contributed by atoms with Crippen LogP contribution in [0.2, 0.25) is 0 Å². The van der Waals surface area contributed by atoms with Gasteiger partial charge in [-0.3, -0.25) is 14.9 Å². The number of hydrogen-bond acceptors (Lipinski definition) is 6. The molecule has 0 fully saturated rings. The molecule has 0 aliphatic rings. The van der Waals surface area contributed by atoms with Crippen molar-refractivity contribution in [2.75, 3.05) is 11.9 Å². The number of hydrazone groups is 1. The maximum Gasteiger partial charge on any atom is 0.270 e. The third kappa shape index (κ3) is 5.27. The highest BCUT2D eigenvalue weighted by Gasteiger charge is 2.09. The van der Waals surface area contributed by atoms with Gasteiger partial charge in [-0.15, -0.1) is 0 Å². The summed E-state index contributed by atoms with van der Waals surface area (Å²) >= 11 is 6.86. The summed E-state index contributed by atoms with van der Waals surface area (Å²) in [6.07, 6.45) is 1.14. The average molecular weight is 486 g/mol. The molecule has 1 amide bonds. The fourth-order valence-electron chi connectivity index (χ4n) is 1.90. The summed E-state index contributed by atoms with van der Waals surface area (Å²) in [5, 5.41) is 27.0. The summed E-state index contributed by atoms with van der Waals surface area (Å²) in [7, 11) is 0. The first-order valence-electron chi connectivity index (χ1n) is 7.26. The molecule has 0 radical (unpaired) electrons. The Hall–Kier alpha value is -2.46. The number of carbonyl (C=O) groups excluding carboxylic acids is 1. The highest BCUT2D eigenvalue weighted by atomic mass is 79.9. The van der Waals surface area contributed by atoms with E-state index in [9.17, 15) is 20.0 Å². The Bertz CT molecular complexity index is 864. The summed E-state index contributed by atoms with van der Waals surface area (Å²) in [4.78, 5) is 22.0. The van der Waals surface area contributed by atoms with E-state index in [0.717, 1.165) is 32.5 Å². The predicted molar refractivity (Wildman–Crippen MR) is 106 cm³/mol. The van der Waals surface area contributed by atoms with Crippen LogP contribution in [0, 0.1) is 17.0 Å². The summed E-state index contributed by atoms with van der Waals surface area (Å²) < 4.78 is 1.79. The standard InChI is InChI=1S/C16H14Br2N4O4/c1-9-13(17)5-11(6-14(9)18)19-8-16(24)21-20-7-10-4-12(22(25)26)2-3-15(10)23/h2-7,19,23H,8H2,1H3,(H,21,24)/b20-7-. The van der Waals surface area contributed by atoms with E-state index in [4.69, 9.17) is 0 Å². The van der Waals surface area contributed by atoms with Gasteiger partial charge in [-0.05, 0) is 30.7 Å². The first kappa shape index (κ1) is 19.9. The van der Waals surface area contributed by atoms with Crippen molar-refractivity contribution >= 4 is 55.4 Å². The number of nitrogens with one attached hydrogen (secondary N) is 2. The van der Waals surface area contributed by atoms with Crippen molar-refractivity contribution in [2.24, 2.45) is 5.10 Å². The van der Waals surface area contributed by atoms with Crippen molar-refractivity contribution in [3.05, 3.63) is 60.5 Å². The van der Waals surface area contributed by atoms with Crippen LogP contribution in [-0.4, -0.2) is 28.7 Å². The van der Waals surface area contributed by atoms with E-state index in [1.165, 1.54) is 12.1 Å². The first-order chi connectivity index (χ1) is 12.3. The zero-order valence-corrected chi connectivity index (χ0v) is 16.7. The number of phenolic OH excluding ortho intramolecular Hbond substituents is 1. The van der Waals surface area contributed by atoms with Crippen molar-refractivity contribution in [3.8, 4) is 5.75 Å². The number of anilines is 1. The molecule has 0 spiro atoms. The van der Waals surface area contributed by atoms with Crippen molar-refractivity contribution in [1.82, 2.24) is 5.43 Å². The van der Waals surface area contributed by atoms with E-state index in [2.05, 4.69) is 47.7 Å². The van der Waals surface area contributed by atoms with Gasteiger partial charge >= 0.3 is 0 Å². The Morgan fingerprint density at radius 2 is 1.96 bits per heavy atom. The minimum atomic E-state index is -0.586. The second-order valence-corrected chi connectivity index (χ2v) is 6.92. The van der Waals surface area contributed by atoms with Crippen LogP contribution in [0.4, 0.5) is 11.4 Å². The molecule has 26 heavy (non-hydrogen) atoms. The van der Waals surface area contributed by atoms with E-state index in [-0.39, 0.29) is 23.5 Å². The van der Waals surface area contributed by atoms with Crippen molar-refractivity contribution < 1.29 is 14.8 Å². The fraction of sp³-hybridized carbons (Fsp3) is 0.125. The number of aromatic hydroxyl groups is 1. The number of hydrogen-bond donors (Lipinski definition) is 3. The van der Waals surface area contributed by atoms with Crippen LogP contribution in [0.25, 0.3) is 0 Å². The number of carbonyl (C=O) groups is 1. The highest BCUT2D eigenvalue weighted by molar-refractivity contribution is 9.11. The van der Waals surface area contributed by atoms with Gasteiger partial charge in [-0.1, -0.05) is 31.9 Å². The highest BCUT2D eigenvalue weighted by Crippen LogP contribution is 2.28. The number of benzene rings is 2. The Morgan fingerprint density at radius 1 is 1.31 bits per heavy atom. The maximum absolute atomic E-state index is 11.8. The smallest absolute Gasteiger partial charge is 0.270 e. The second-order valence-electron chi connectivity index (χ2n) is 5.21. The van der Waals surface area contributed by atoms with E-state index < -0.39 is 10.8 Å². The summed E-state index contributed by atoms with van der Waals surface area (Å²) in [5.74, 6) is -0.597. The van der Waals surface area contributed by atoms with E-state index in [1.807, 2.05) is 19.1 Å². The van der Waals surface area contributed by atoms with E-state index in [1.54, 1.807) is 0 Å². The minimum absolute atomic E-state index is 0.0276. The van der Waals surface area contributed by atoms with E-state index >= 15 is 0 Å². The monoisotopic (exact) mass is 484 g/mol. The third-order valence-corrected chi connectivity index (χ3v) is 5.00. The number of phenols is 1. The molecule has 0 aliphatic carbocycles. The minimum Gasteiger partial charge on any atom is -0.507 e. The largest absolute Gasteiger partial charge is 0.507 e. The molecule has 0 aromatic heterocycles. The van der Waals surface area contributed by atoms with Gasteiger partial charge in [0.25, 0.3) is 11.6 Å². The van der Waals surface area contributed by atoms with Crippen LogP contribution in [-0.2, 0) is 4.79 Å². The van der Waals surface area contributed by atoms with Crippen LogP contribution in [0.3, 0.4) is 0 Å². The molecule has 2 aromatic rings. The molecule has 0 bridgehead atoms. The molecule has 8 nitrogen and oxygen atoms in total. The molecule has 3 N–H and O–H groups in total. The molecule has 0 saturated heterocycles.